The molecule has 96 valence electrons. The van der Waals surface area contributed by atoms with Crippen LogP contribution in [0, 0.1) is 0 Å². The number of aromatic nitrogens is 1. The van der Waals surface area contributed by atoms with E-state index in [1.165, 1.54) is 6.26 Å². The maximum Gasteiger partial charge on any atom is 0.177 e. The molecule has 0 spiro atoms. The highest BCUT2D eigenvalue weighted by Gasteiger charge is 2.12. The van der Waals surface area contributed by atoms with Crippen LogP contribution in [0.5, 0.6) is 0 Å². The molecule has 0 fully saturated rings. The van der Waals surface area contributed by atoms with Crippen LogP contribution in [0.15, 0.2) is 47.5 Å². The van der Waals surface area contributed by atoms with Gasteiger partial charge >= 0.3 is 0 Å². The van der Waals surface area contributed by atoms with E-state index in [0.29, 0.717) is 17.1 Å². The van der Waals surface area contributed by atoms with Crippen LogP contribution in [-0.2, 0) is 23.4 Å². The minimum atomic E-state index is -3.20. The molecule has 0 aliphatic rings. The molecule has 0 unspecified atom stereocenters. The molecular weight excluding hydrogens is 248 g/mol. The van der Waals surface area contributed by atoms with E-state index < -0.39 is 9.84 Å². The third-order valence-electron chi connectivity index (χ3n) is 2.80. The Hall–Kier alpha value is -1.75. The van der Waals surface area contributed by atoms with Crippen LogP contribution < -0.4 is 5.32 Å². The van der Waals surface area contributed by atoms with E-state index in [1.54, 1.807) is 18.2 Å². The van der Waals surface area contributed by atoms with Gasteiger partial charge in [0.05, 0.1) is 17.1 Å². The van der Waals surface area contributed by atoms with Crippen molar-refractivity contribution < 1.29 is 8.42 Å². The number of sulfone groups is 1. The average Bonchev–Trinajstić information content (AvgIpc) is 2.71. The molecule has 1 heterocycles. The van der Waals surface area contributed by atoms with Crippen molar-refractivity contribution >= 4 is 15.5 Å². The number of benzene rings is 1. The molecule has 1 aromatic heterocycles. The van der Waals surface area contributed by atoms with Gasteiger partial charge in [0.15, 0.2) is 9.84 Å². The Balaban J connectivity index is 2.23. The van der Waals surface area contributed by atoms with Gasteiger partial charge in [-0.1, -0.05) is 12.1 Å². The van der Waals surface area contributed by atoms with Crippen LogP contribution >= 0.6 is 0 Å². The molecular formula is C13H16N2O2S. The van der Waals surface area contributed by atoms with Crippen molar-refractivity contribution in [2.75, 3.05) is 11.6 Å². The Kier molecular flexibility index (Phi) is 3.43. The maximum atomic E-state index is 11.6. The summed E-state index contributed by atoms with van der Waals surface area (Å²) in [5.41, 5.74) is 1.74. The lowest BCUT2D eigenvalue weighted by Gasteiger charge is -2.11. The second kappa shape index (κ2) is 4.86. The number of nitrogens with one attached hydrogen (secondary N) is 1. The van der Waals surface area contributed by atoms with Crippen LogP contribution in [0.25, 0.3) is 0 Å². The summed E-state index contributed by atoms with van der Waals surface area (Å²) in [5, 5.41) is 3.16. The first-order valence-electron chi connectivity index (χ1n) is 5.61. The molecule has 0 saturated heterocycles. The van der Waals surface area contributed by atoms with Gasteiger partial charge in [0.1, 0.15) is 0 Å². The van der Waals surface area contributed by atoms with E-state index in [9.17, 15) is 8.42 Å². The number of anilines is 1. The first-order valence-corrected chi connectivity index (χ1v) is 7.51. The van der Waals surface area contributed by atoms with E-state index in [4.69, 9.17) is 0 Å². The normalized spacial score (nSPS) is 11.4. The highest BCUT2D eigenvalue weighted by Crippen LogP contribution is 2.21. The number of rotatable bonds is 4. The fourth-order valence-electron chi connectivity index (χ4n) is 1.80. The molecule has 2 rings (SSSR count). The summed E-state index contributed by atoms with van der Waals surface area (Å²) in [6, 6.07) is 10.9. The standard InChI is InChI=1S/C13H16N2O2S/c1-15-9-5-6-11(15)10-14-12-7-3-4-8-13(12)18(2,16)17/h3-9,14H,10H2,1-2H3. The fourth-order valence-corrected chi connectivity index (χ4v) is 2.67. The van der Waals surface area contributed by atoms with Crippen LogP contribution in [0.1, 0.15) is 5.69 Å². The zero-order valence-corrected chi connectivity index (χ0v) is 11.2. The molecule has 1 N–H and O–H groups in total. The molecule has 0 amide bonds. The molecule has 2 aromatic rings. The van der Waals surface area contributed by atoms with Crippen LogP contribution in [0.2, 0.25) is 0 Å². The van der Waals surface area contributed by atoms with Crippen molar-refractivity contribution in [2.45, 2.75) is 11.4 Å². The average molecular weight is 264 g/mol. The van der Waals surface area contributed by atoms with Crippen molar-refractivity contribution in [3.63, 3.8) is 0 Å². The summed E-state index contributed by atoms with van der Waals surface area (Å²) in [6.45, 7) is 0.593. The summed E-state index contributed by atoms with van der Waals surface area (Å²) >= 11 is 0. The highest BCUT2D eigenvalue weighted by molar-refractivity contribution is 7.90. The monoisotopic (exact) mass is 264 g/mol. The number of aryl methyl sites for hydroxylation is 1. The zero-order chi connectivity index (χ0) is 13.2. The molecule has 4 nitrogen and oxygen atoms in total. The van der Waals surface area contributed by atoms with E-state index in [-0.39, 0.29) is 0 Å². The molecule has 0 aliphatic carbocycles. The minimum absolute atomic E-state index is 0.333. The third kappa shape index (κ3) is 2.73. The Morgan fingerprint density at radius 1 is 1.17 bits per heavy atom. The van der Waals surface area contributed by atoms with Crippen molar-refractivity contribution in [3.05, 3.63) is 48.3 Å². The predicted octanol–water partition coefficient (Wildman–Crippen LogP) is 2.04. The van der Waals surface area contributed by atoms with Gasteiger partial charge in [0.25, 0.3) is 0 Å². The summed E-state index contributed by atoms with van der Waals surface area (Å²) < 4.78 is 25.3. The third-order valence-corrected chi connectivity index (χ3v) is 3.95. The lowest BCUT2D eigenvalue weighted by atomic mass is 10.3. The number of hydrogen-bond acceptors (Lipinski definition) is 3. The summed E-state index contributed by atoms with van der Waals surface area (Å²) in [4.78, 5) is 0.333. The second-order valence-electron chi connectivity index (χ2n) is 4.23. The first-order chi connectivity index (χ1) is 8.48. The van der Waals surface area contributed by atoms with Crippen molar-refractivity contribution in [3.8, 4) is 0 Å². The molecule has 1 aromatic carbocycles. The van der Waals surface area contributed by atoms with E-state index >= 15 is 0 Å². The van der Waals surface area contributed by atoms with Gasteiger partial charge < -0.3 is 9.88 Å². The molecule has 0 atom stereocenters. The first kappa shape index (κ1) is 12.7. The second-order valence-corrected chi connectivity index (χ2v) is 6.22. The van der Waals surface area contributed by atoms with Gasteiger partial charge in [-0.25, -0.2) is 8.42 Å². The zero-order valence-electron chi connectivity index (χ0n) is 10.4. The largest absolute Gasteiger partial charge is 0.378 e. The maximum absolute atomic E-state index is 11.6. The smallest absolute Gasteiger partial charge is 0.177 e. The molecule has 0 radical (unpaired) electrons. The van der Waals surface area contributed by atoms with Crippen LogP contribution in [0.3, 0.4) is 0 Å². The van der Waals surface area contributed by atoms with Crippen LogP contribution in [-0.4, -0.2) is 19.2 Å². The van der Waals surface area contributed by atoms with Gasteiger partial charge in [0.2, 0.25) is 0 Å². The Labute approximate surface area is 107 Å². The lowest BCUT2D eigenvalue weighted by Crippen LogP contribution is -2.08. The quantitative estimate of drug-likeness (QED) is 0.919. The summed E-state index contributed by atoms with van der Waals surface area (Å²) in [5.74, 6) is 0. The number of para-hydroxylation sites is 1. The van der Waals surface area contributed by atoms with Gasteiger partial charge in [-0.05, 0) is 24.3 Å². The minimum Gasteiger partial charge on any atom is -0.378 e. The predicted molar refractivity (Wildman–Crippen MR) is 72.3 cm³/mol. The molecule has 0 bridgehead atoms. The molecule has 0 saturated carbocycles. The van der Waals surface area contributed by atoms with Gasteiger partial charge in [-0.15, -0.1) is 0 Å². The number of nitrogens with zero attached hydrogens (tertiary/aromatic N) is 1. The number of hydrogen-bond donors (Lipinski definition) is 1. The van der Waals surface area contributed by atoms with Crippen molar-refractivity contribution in [1.29, 1.82) is 0 Å². The Bertz CT molecular complexity index is 645. The SMILES string of the molecule is Cn1cccc1CNc1ccccc1S(C)(=O)=O. The van der Waals surface area contributed by atoms with E-state index in [0.717, 1.165) is 5.69 Å². The Morgan fingerprint density at radius 3 is 2.50 bits per heavy atom. The topological polar surface area (TPSA) is 51.1 Å². The summed E-state index contributed by atoms with van der Waals surface area (Å²) in [7, 11) is -1.25. The van der Waals surface area contributed by atoms with E-state index in [2.05, 4.69) is 5.32 Å². The lowest BCUT2D eigenvalue weighted by molar-refractivity contribution is 0.602. The molecule has 0 aliphatic heterocycles. The fraction of sp³-hybridized carbons (Fsp3) is 0.231. The van der Waals surface area contributed by atoms with Crippen molar-refractivity contribution in [2.24, 2.45) is 7.05 Å². The van der Waals surface area contributed by atoms with Gasteiger partial charge in [-0.2, -0.15) is 0 Å². The van der Waals surface area contributed by atoms with Crippen molar-refractivity contribution in [1.82, 2.24) is 4.57 Å². The Morgan fingerprint density at radius 2 is 1.89 bits per heavy atom. The van der Waals surface area contributed by atoms with Gasteiger partial charge in [0, 0.05) is 25.2 Å². The molecule has 18 heavy (non-hydrogen) atoms. The van der Waals surface area contributed by atoms with Crippen LogP contribution in [0.4, 0.5) is 5.69 Å². The summed E-state index contributed by atoms with van der Waals surface area (Å²) in [6.07, 6.45) is 3.18. The van der Waals surface area contributed by atoms with E-state index in [1.807, 2.05) is 36.0 Å². The molecule has 5 heteroatoms. The highest BCUT2D eigenvalue weighted by atomic mass is 32.2. The van der Waals surface area contributed by atoms with Gasteiger partial charge in [-0.3, -0.25) is 0 Å².